The minimum atomic E-state index is -3.71. The van der Waals surface area contributed by atoms with Crippen LogP contribution in [0, 0.1) is 6.92 Å². The lowest BCUT2D eigenvalue weighted by Crippen LogP contribution is -2.40. The maximum absolute atomic E-state index is 12.6. The highest BCUT2D eigenvalue weighted by molar-refractivity contribution is 7.89. The summed E-state index contributed by atoms with van der Waals surface area (Å²) in [6.07, 6.45) is 0. The van der Waals surface area contributed by atoms with Crippen molar-refractivity contribution in [3.63, 3.8) is 0 Å². The van der Waals surface area contributed by atoms with Crippen LogP contribution < -0.4 is 15.8 Å². The molecule has 1 amide bonds. The number of rotatable bonds is 4. The Morgan fingerprint density at radius 3 is 2.27 bits per heavy atom. The second-order valence-corrected chi connectivity index (χ2v) is 8.53. The van der Waals surface area contributed by atoms with Crippen molar-refractivity contribution in [1.82, 2.24) is 4.72 Å². The number of aryl methyl sites for hydroxylation is 1. The summed E-state index contributed by atoms with van der Waals surface area (Å²) in [7, 11) is -3.71. The molecule has 2 aromatic rings. The van der Waals surface area contributed by atoms with Crippen molar-refractivity contribution in [2.75, 3.05) is 11.1 Å². The van der Waals surface area contributed by atoms with E-state index in [1.807, 2.05) is 0 Å². The first-order valence-corrected chi connectivity index (χ1v) is 9.28. The number of anilines is 2. The molecule has 0 bridgehead atoms. The quantitative estimate of drug-likeness (QED) is 0.688. The van der Waals surface area contributed by atoms with Crippen LogP contribution in [0.4, 0.5) is 11.4 Å². The van der Waals surface area contributed by atoms with E-state index in [1.165, 1.54) is 6.07 Å². The van der Waals surface area contributed by atoms with Gasteiger partial charge < -0.3 is 11.1 Å². The monoisotopic (exact) mass is 397 g/mol. The Kier molecular flexibility index (Phi) is 6.82. The van der Waals surface area contributed by atoms with E-state index in [0.29, 0.717) is 22.5 Å². The van der Waals surface area contributed by atoms with Crippen molar-refractivity contribution >= 4 is 39.7 Å². The summed E-state index contributed by atoms with van der Waals surface area (Å²) in [5.41, 5.74) is 6.86. The fraction of sp³-hybridized carbons (Fsp3) is 0.278. The van der Waals surface area contributed by atoms with Gasteiger partial charge in [0.15, 0.2) is 0 Å². The van der Waals surface area contributed by atoms with Crippen LogP contribution in [0.2, 0.25) is 0 Å². The van der Waals surface area contributed by atoms with Gasteiger partial charge in [-0.3, -0.25) is 4.79 Å². The average Bonchev–Trinajstić information content (AvgIpc) is 2.47. The van der Waals surface area contributed by atoms with Gasteiger partial charge in [0.1, 0.15) is 0 Å². The summed E-state index contributed by atoms with van der Waals surface area (Å²) in [4.78, 5) is 12.5. The molecule has 0 aromatic heterocycles. The number of carbonyl (C=O) groups excluding carboxylic acids is 1. The number of benzene rings is 2. The van der Waals surface area contributed by atoms with Gasteiger partial charge in [0.2, 0.25) is 10.0 Å². The molecule has 0 heterocycles. The van der Waals surface area contributed by atoms with Gasteiger partial charge in [-0.1, -0.05) is 18.2 Å². The van der Waals surface area contributed by atoms with E-state index in [2.05, 4.69) is 10.0 Å². The number of hydrogen-bond donors (Lipinski definition) is 3. The Morgan fingerprint density at radius 1 is 1.08 bits per heavy atom. The van der Waals surface area contributed by atoms with E-state index < -0.39 is 21.5 Å². The Bertz CT molecular complexity index is 906. The minimum absolute atomic E-state index is 0. The van der Waals surface area contributed by atoms with Gasteiger partial charge in [-0.2, -0.15) is 0 Å². The topological polar surface area (TPSA) is 101 Å². The van der Waals surface area contributed by atoms with Crippen molar-refractivity contribution in [3.8, 4) is 0 Å². The largest absolute Gasteiger partial charge is 0.398 e. The number of nitrogen functional groups attached to an aromatic ring is 1. The smallest absolute Gasteiger partial charge is 0.257 e. The lowest BCUT2D eigenvalue weighted by Gasteiger charge is -2.21. The van der Waals surface area contributed by atoms with E-state index >= 15 is 0 Å². The number of para-hydroxylation sites is 1. The van der Waals surface area contributed by atoms with E-state index in [0.717, 1.165) is 0 Å². The number of carbonyl (C=O) groups is 1. The Labute approximate surface area is 160 Å². The fourth-order valence-electron chi connectivity index (χ4n) is 2.33. The summed E-state index contributed by atoms with van der Waals surface area (Å²) in [5.74, 6) is -0.394. The van der Waals surface area contributed by atoms with Crippen LogP contribution in [0.15, 0.2) is 47.4 Å². The molecule has 4 N–H and O–H groups in total. The molecule has 0 saturated heterocycles. The number of sulfonamides is 1. The van der Waals surface area contributed by atoms with E-state index in [9.17, 15) is 13.2 Å². The van der Waals surface area contributed by atoms with Crippen LogP contribution in [0.1, 0.15) is 36.7 Å². The number of nitrogens with one attached hydrogen (secondary N) is 2. The van der Waals surface area contributed by atoms with Crippen molar-refractivity contribution in [3.05, 3.63) is 53.6 Å². The zero-order valence-corrected chi connectivity index (χ0v) is 16.8. The molecule has 0 spiro atoms. The van der Waals surface area contributed by atoms with Crippen LogP contribution in [0.5, 0.6) is 0 Å². The molecule has 0 radical (unpaired) electrons. The molecular weight excluding hydrogens is 374 g/mol. The van der Waals surface area contributed by atoms with E-state index in [-0.39, 0.29) is 17.3 Å². The molecule has 6 nitrogen and oxygen atoms in total. The Morgan fingerprint density at radius 2 is 1.69 bits per heavy atom. The van der Waals surface area contributed by atoms with Gasteiger partial charge in [-0.05, 0) is 57.5 Å². The first-order valence-electron chi connectivity index (χ1n) is 7.80. The molecule has 0 saturated carbocycles. The third-order valence-electron chi connectivity index (χ3n) is 3.38. The molecule has 0 unspecified atom stereocenters. The summed E-state index contributed by atoms with van der Waals surface area (Å²) in [5, 5.41) is 2.69. The van der Waals surface area contributed by atoms with Gasteiger partial charge >= 0.3 is 0 Å². The van der Waals surface area contributed by atoms with Gasteiger partial charge in [0.25, 0.3) is 5.91 Å². The maximum Gasteiger partial charge on any atom is 0.257 e. The number of hydrogen-bond acceptors (Lipinski definition) is 4. The van der Waals surface area contributed by atoms with Crippen LogP contribution in [0.3, 0.4) is 0 Å². The van der Waals surface area contributed by atoms with Crippen molar-refractivity contribution < 1.29 is 13.2 Å². The van der Waals surface area contributed by atoms with E-state index in [1.54, 1.807) is 64.1 Å². The SMILES string of the molecule is Cc1ccc(NC(=O)c2ccccc2N)cc1S(=O)(=O)NC(C)(C)C.Cl. The molecule has 0 aliphatic carbocycles. The van der Waals surface area contributed by atoms with Gasteiger partial charge in [-0.15, -0.1) is 12.4 Å². The zero-order valence-electron chi connectivity index (χ0n) is 15.2. The van der Waals surface area contributed by atoms with Crippen molar-refractivity contribution in [2.24, 2.45) is 0 Å². The minimum Gasteiger partial charge on any atom is -0.398 e. The molecule has 2 rings (SSSR count). The molecule has 8 heteroatoms. The predicted molar refractivity (Wildman–Crippen MR) is 107 cm³/mol. The van der Waals surface area contributed by atoms with Crippen molar-refractivity contribution in [1.29, 1.82) is 0 Å². The number of nitrogens with two attached hydrogens (primary N) is 1. The van der Waals surface area contributed by atoms with Gasteiger partial charge in [0, 0.05) is 16.9 Å². The highest BCUT2D eigenvalue weighted by Gasteiger charge is 2.24. The normalized spacial score (nSPS) is 11.5. The number of halogens is 1. The first-order chi connectivity index (χ1) is 11.5. The average molecular weight is 398 g/mol. The maximum atomic E-state index is 12.6. The third-order valence-corrected chi connectivity index (χ3v) is 5.28. The predicted octanol–water partition coefficient (Wildman–Crippen LogP) is 3.33. The molecule has 0 aliphatic heterocycles. The standard InChI is InChI=1S/C18H23N3O3S.ClH/c1-12-9-10-13(11-16(12)25(23,24)21-18(2,3)4)20-17(22)14-7-5-6-8-15(14)19;/h5-11,21H,19H2,1-4H3,(H,20,22);1H. The lowest BCUT2D eigenvalue weighted by molar-refractivity contribution is 0.102. The third kappa shape index (κ3) is 5.45. The summed E-state index contributed by atoms with van der Waals surface area (Å²) in [6, 6.07) is 11.4. The summed E-state index contributed by atoms with van der Waals surface area (Å²) < 4.78 is 27.8. The van der Waals surface area contributed by atoms with Gasteiger partial charge in [-0.25, -0.2) is 13.1 Å². The van der Waals surface area contributed by atoms with Crippen LogP contribution in [0.25, 0.3) is 0 Å². The Hall–Kier alpha value is -2.09. The molecule has 142 valence electrons. The molecule has 0 fully saturated rings. The van der Waals surface area contributed by atoms with Crippen LogP contribution >= 0.6 is 12.4 Å². The van der Waals surface area contributed by atoms with E-state index in [4.69, 9.17) is 5.73 Å². The molecule has 0 atom stereocenters. The zero-order chi connectivity index (χ0) is 18.8. The van der Waals surface area contributed by atoms with Gasteiger partial charge in [0.05, 0.1) is 10.5 Å². The fourth-order valence-corrected chi connectivity index (χ4v) is 4.02. The summed E-state index contributed by atoms with van der Waals surface area (Å²) >= 11 is 0. The molecule has 26 heavy (non-hydrogen) atoms. The number of amides is 1. The molecular formula is C18H24ClN3O3S. The van der Waals surface area contributed by atoms with Crippen molar-refractivity contribution in [2.45, 2.75) is 38.1 Å². The second-order valence-electron chi connectivity index (χ2n) is 6.88. The Balaban J connectivity index is 0.00000338. The first kappa shape index (κ1) is 22.0. The lowest BCUT2D eigenvalue weighted by atomic mass is 10.1. The summed E-state index contributed by atoms with van der Waals surface area (Å²) in [6.45, 7) is 7.01. The van der Waals surface area contributed by atoms with Crippen LogP contribution in [-0.2, 0) is 10.0 Å². The molecule has 2 aromatic carbocycles. The highest BCUT2D eigenvalue weighted by Crippen LogP contribution is 2.22. The second kappa shape index (κ2) is 8.07. The molecule has 0 aliphatic rings. The highest BCUT2D eigenvalue weighted by atomic mass is 35.5. The van der Waals surface area contributed by atoms with Crippen LogP contribution in [-0.4, -0.2) is 19.9 Å².